The number of anilines is 1. The van der Waals surface area contributed by atoms with Gasteiger partial charge in [-0.1, -0.05) is 12.1 Å². The molecule has 0 saturated carbocycles. The van der Waals surface area contributed by atoms with Crippen LogP contribution >= 0.6 is 0 Å². The second-order valence-corrected chi connectivity index (χ2v) is 6.88. The highest BCUT2D eigenvalue weighted by molar-refractivity contribution is 5.94. The van der Waals surface area contributed by atoms with Gasteiger partial charge in [-0.05, 0) is 41.8 Å². The van der Waals surface area contributed by atoms with Crippen molar-refractivity contribution in [2.45, 2.75) is 25.9 Å². The molecule has 2 amide bonds. The number of hydrogen-bond acceptors (Lipinski definition) is 4. The first-order chi connectivity index (χ1) is 14.1. The van der Waals surface area contributed by atoms with Crippen molar-refractivity contribution < 1.29 is 14.0 Å². The molecule has 0 spiro atoms. The number of benzene rings is 1. The zero-order valence-corrected chi connectivity index (χ0v) is 15.7. The summed E-state index contributed by atoms with van der Waals surface area (Å²) >= 11 is 0. The molecule has 0 aliphatic carbocycles. The summed E-state index contributed by atoms with van der Waals surface area (Å²) in [4.78, 5) is 30.1. The molecule has 0 atom stereocenters. The molecule has 4 rings (SSSR count). The number of nitrogens with one attached hydrogen (secondary N) is 1. The summed E-state index contributed by atoms with van der Waals surface area (Å²) in [6.07, 6.45) is 6.42. The van der Waals surface area contributed by atoms with E-state index in [4.69, 9.17) is 0 Å². The molecule has 7 nitrogen and oxygen atoms in total. The van der Waals surface area contributed by atoms with E-state index in [2.05, 4.69) is 15.4 Å². The number of halogens is 1. The fraction of sp³-hybridized carbons (Fsp3) is 0.238. The average Bonchev–Trinajstić information content (AvgIpc) is 3.36. The van der Waals surface area contributed by atoms with E-state index in [0.717, 1.165) is 23.1 Å². The van der Waals surface area contributed by atoms with Gasteiger partial charge in [0.25, 0.3) is 0 Å². The van der Waals surface area contributed by atoms with Crippen molar-refractivity contribution in [3.8, 4) is 11.1 Å². The lowest BCUT2D eigenvalue weighted by Gasteiger charge is -2.15. The van der Waals surface area contributed by atoms with E-state index in [1.807, 2.05) is 12.1 Å². The van der Waals surface area contributed by atoms with E-state index in [0.29, 0.717) is 25.3 Å². The topological polar surface area (TPSA) is 80.1 Å². The number of hydrogen-bond donors (Lipinski definition) is 1. The summed E-state index contributed by atoms with van der Waals surface area (Å²) in [5, 5.41) is 7.05. The lowest BCUT2D eigenvalue weighted by atomic mass is 10.1. The van der Waals surface area contributed by atoms with Crippen LogP contribution in [-0.2, 0) is 22.7 Å². The predicted molar refractivity (Wildman–Crippen MR) is 105 cm³/mol. The van der Waals surface area contributed by atoms with Crippen LogP contribution in [0, 0.1) is 5.82 Å². The fourth-order valence-corrected chi connectivity index (χ4v) is 3.25. The molecule has 0 bridgehead atoms. The van der Waals surface area contributed by atoms with Crippen molar-refractivity contribution in [1.29, 1.82) is 0 Å². The lowest BCUT2D eigenvalue weighted by molar-refractivity contribution is -0.122. The molecule has 29 heavy (non-hydrogen) atoms. The van der Waals surface area contributed by atoms with Crippen LogP contribution in [0.2, 0.25) is 0 Å². The Morgan fingerprint density at radius 2 is 2.00 bits per heavy atom. The van der Waals surface area contributed by atoms with Crippen LogP contribution in [0.15, 0.2) is 55.0 Å². The highest BCUT2D eigenvalue weighted by atomic mass is 19.1. The van der Waals surface area contributed by atoms with Gasteiger partial charge in [-0.15, -0.1) is 0 Å². The number of pyridine rings is 1. The Morgan fingerprint density at radius 1 is 1.17 bits per heavy atom. The van der Waals surface area contributed by atoms with Gasteiger partial charge in [0.1, 0.15) is 18.2 Å². The predicted octanol–water partition coefficient (Wildman–Crippen LogP) is 2.53. The van der Waals surface area contributed by atoms with E-state index >= 15 is 0 Å². The molecular formula is C21H20FN5O2. The minimum absolute atomic E-state index is 0.0732. The number of rotatable bonds is 6. The Bertz CT molecular complexity index is 1030. The van der Waals surface area contributed by atoms with Crippen molar-refractivity contribution in [3.05, 3.63) is 66.4 Å². The molecule has 1 aliphatic heterocycles. The number of aromatic nitrogens is 3. The first-order valence-electron chi connectivity index (χ1n) is 9.39. The van der Waals surface area contributed by atoms with Gasteiger partial charge in [0.2, 0.25) is 11.8 Å². The van der Waals surface area contributed by atoms with Crippen molar-refractivity contribution >= 4 is 17.6 Å². The number of carbonyl (C=O) groups excluding carboxylic acids is 2. The first kappa shape index (κ1) is 18.8. The van der Waals surface area contributed by atoms with Gasteiger partial charge in [0.05, 0.1) is 6.20 Å². The van der Waals surface area contributed by atoms with E-state index in [-0.39, 0.29) is 24.2 Å². The van der Waals surface area contributed by atoms with E-state index in [9.17, 15) is 14.0 Å². The highest BCUT2D eigenvalue weighted by Crippen LogP contribution is 2.20. The monoisotopic (exact) mass is 393 g/mol. The van der Waals surface area contributed by atoms with Crippen LogP contribution in [0.25, 0.3) is 11.1 Å². The molecule has 148 valence electrons. The SMILES string of the molecule is O=C(Cn1cc(-c2ccc(F)cc2)cn1)NCc1ccnc(N2CCCC2=O)c1. The number of carbonyl (C=O) groups is 2. The maximum Gasteiger partial charge on any atom is 0.241 e. The van der Waals surface area contributed by atoms with Gasteiger partial charge in [0, 0.05) is 37.5 Å². The molecule has 3 aromatic rings. The zero-order valence-electron chi connectivity index (χ0n) is 15.7. The standard InChI is InChI=1S/C21H20FN5O2/c22-18-5-3-16(4-6-18)17-12-25-26(13-17)14-20(28)24-11-15-7-8-23-19(10-15)27-9-1-2-21(27)29/h3-8,10,12-13H,1-2,9,11,14H2,(H,24,28). The van der Waals surface area contributed by atoms with Gasteiger partial charge < -0.3 is 5.32 Å². The third kappa shape index (κ3) is 4.48. The van der Waals surface area contributed by atoms with Crippen molar-refractivity contribution in [3.63, 3.8) is 0 Å². The van der Waals surface area contributed by atoms with Gasteiger partial charge in [-0.3, -0.25) is 19.2 Å². The summed E-state index contributed by atoms with van der Waals surface area (Å²) in [7, 11) is 0. The summed E-state index contributed by atoms with van der Waals surface area (Å²) in [5.74, 6) is 0.216. The Morgan fingerprint density at radius 3 is 2.76 bits per heavy atom. The second-order valence-electron chi connectivity index (χ2n) is 6.88. The molecule has 8 heteroatoms. The van der Waals surface area contributed by atoms with E-state index < -0.39 is 0 Å². The van der Waals surface area contributed by atoms with Crippen molar-refractivity contribution in [1.82, 2.24) is 20.1 Å². The smallest absolute Gasteiger partial charge is 0.241 e. The highest BCUT2D eigenvalue weighted by Gasteiger charge is 2.22. The minimum Gasteiger partial charge on any atom is -0.350 e. The van der Waals surface area contributed by atoms with Crippen LogP contribution in [0.5, 0.6) is 0 Å². The maximum absolute atomic E-state index is 13.0. The van der Waals surface area contributed by atoms with Crippen LogP contribution in [0.1, 0.15) is 18.4 Å². The molecule has 1 saturated heterocycles. The Hall–Kier alpha value is -3.55. The van der Waals surface area contributed by atoms with Gasteiger partial charge >= 0.3 is 0 Å². The summed E-state index contributed by atoms with van der Waals surface area (Å²) in [6, 6.07) is 9.75. The first-order valence-corrected chi connectivity index (χ1v) is 9.39. The number of amides is 2. The molecule has 0 unspecified atom stereocenters. The molecule has 1 N–H and O–H groups in total. The molecule has 0 radical (unpaired) electrons. The molecule has 1 fully saturated rings. The Kier molecular flexibility index (Phi) is 5.33. The molecule has 1 aromatic carbocycles. The largest absolute Gasteiger partial charge is 0.350 e. The maximum atomic E-state index is 13.0. The summed E-state index contributed by atoms with van der Waals surface area (Å²) < 4.78 is 14.6. The van der Waals surface area contributed by atoms with Crippen molar-refractivity contribution in [2.75, 3.05) is 11.4 Å². The number of nitrogens with zero attached hydrogens (tertiary/aromatic N) is 4. The molecule has 3 heterocycles. The van der Waals surface area contributed by atoms with E-state index in [1.165, 1.54) is 16.8 Å². The summed E-state index contributed by atoms with van der Waals surface area (Å²) in [5.41, 5.74) is 2.52. The van der Waals surface area contributed by atoms with Gasteiger partial charge in [-0.25, -0.2) is 9.37 Å². The summed E-state index contributed by atoms with van der Waals surface area (Å²) in [6.45, 7) is 1.09. The minimum atomic E-state index is -0.297. The van der Waals surface area contributed by atoms with Crippen LogP contribution in [-0.4, -0.2) is 33.1 Å². The van der Waals surface area contributed by atoms with Crippen LogP contribution in [0.4, 0.5) is 10.2 Å². The van der Waals surface area contributed by atoms with Crippen LogP contribution in [0.3, 0.4) is 0 Å². The second kappa shape index (κ2) is 8.22. The third-order valence-electron chi connectivity index (χ3n) is 4.77. The Labute approximate surface area is 167 Å². The molecule has 1 aliphatic rings. The van der Waals surface area contributed by atoms with Crippen molar-refractivity contribution in [2.24, 2.45) is 0 Å². The fourth-order valence-electron chi connectivity index (χ4n) is 3.25. The quantitative estimate of drug-likeness (QED) is 0.698. The van der Waals surface area contributed by atoms with Gasteiger partial charge in [0.15, 0.2) is 0 Å². The zero-order chi connectivity index (χ0) is 20.2. The van der Waals surface area contributed by atoms with Crippen LogP contribution < -0.4 is 10.2 Å². The third-order valence-corrected chi connectivity index (χ3v) is 4.77. The Balaban J connectivity index is 1.34. The average molecular weight is 393 g/mol. The molecular weight excluding hydrogens is 373 g/mol. The lowest BCUT2D eigenvalue weighted by Crippen LogP contribution is -2.28. The molecule has 2 aromatic heterocycles. The van der Waals surface area contributed by atoms with Gasteiger partial charge in [-0.2, -0.15) is 5.10 Å². The van der Waals surface area contributed by atoms with E-state index in [1.54, 1.807) is 35.6 Å². The normalized spacial score (nSPS) is 13.7.